The van der Waals surface area contributed by atoms with Crippen LogP contribution in [-0.2, 0) is 20.0 Å². The number of piperazine rings is 1. The second kappa shape index (κ2) is 6.81. The van der Waals surface area contributed by atoms with E-state index in [0.29, 0.717) is 5.56 Å². The van der Waals surface area contributed by atoms with E-state index in [9.17, 15) is 22.1 Å². The summed E-state index contributed by atoms with van der Waals surface area (Å²) >= 11 is 0. The van der Waals surface area contributed by atoms with Gasteiger partial charge in [-0.15, -0.1) is 0 Å². The molecule has 0 N–H and O–H groups in total. The molecule has 3 rings (SSSR count). The molecule has 1 aromatic carbocycles. The lowest BCUT2D eigenvalue weighted by atomic mass is 10.2. The first-order valence-corrected chi connectivity index (χ1v) is 10.9. The predicted octanol–water partition coefficient (Wildman–Crippen LogP) is 0.479. The Morgan fingerprint density at radius 2 is 1.62 bits per heavy atom. The first-order valence-electron chi connectivity index (χ1n) is 7.65. The van der Waals surface area contributed by atoms with E-state index in [0.717, 1.165) is 10.6 Å². The number of sulfonamides is 2. The molecule has 1 aliphatic rings. The van der Waals surface area contributed by atoms with E-state index in [-0.39, 0.29) is 37.8 Å². The van der Waals surface area contributed by atoms with Crippen LogP contribution < -0.4 is 0 Å². The van der Waals surface area contributed by atoms with E-state index in [4.69, 9.17) is 4.42 Å². The number of aromatic nitrogens is 1. The normalized spacial score (nSPS) is 17.1. The third-order valence-electron chi connectivity index (χ3n) is 3.96. The number of nitrogens with zero attached hydrogens (tertiary/aromatic N) is 4. The molecular formula is C15H16N4O5S2. The molecule has 26 heavy (non-hydrogen) atoms. The molecule has 0 unspecified atom stereocenters. The van der Waals surface area contributed by atoms with Gasteiger partial charge >= 0.3 is 0 Å². The van der Waals surface area contributed by atoms with Crippen molar-refractivity contribution < 1.29 is 21.3 Å². The minimum absolute atomic E-state index is 0.0261. The molecule has 0 spiro atoms. The van der Waals surface area contributed by atoms with Crippen molar-refractivity contribution >= 4 is 20.0 Å². The van der Waals surface area contributed by atoms with E-state index < -0.39 is 25.1 Å². The predicted molar refractivity (Wildman–Crippen MR) is 91.8 cm³/mol. The highest BCUT2D eigenvalue weighted by Crippen LogP contribution is 2.27. The van der Waals surface area contributed by atoms with E-state index in [1.807, 2.05) is 0 Å². The van der Waals surface area contributed by atoms with Gasteiger partial charge in [0.2, 0.25) is 15.9 Å². The Morgan fingerprint density at radius 1 is 1.04 bits per heavy atom. The second-order valence-electron chi connectivity index (χ2n) is 5.70. The maximum absolute atomic E-state index is 12.8. The fourth-order valence-corrected chi connectivity index (χ4v) is 4.84. The van der Waals surface area contributed by atoms with Crippen LogP contribution in [0.4, 0.5) is 0 Å². The molecule has 1 aromatic heterocycles. The summed E-state index contributed by atoms with van der Waals surface area (Å²) in [6.45, 7) is 0.0303. The van der Waals surface area contributed by atoms with Crippen LogP contribution in [0.25, 0.3) is 11.5 Å². The van der Waals surface area contributed by atoms with Crippen LogP contribution >= 0.6 is 0 Å². The Hall–Kier alpha value is -2.26. The summed E-state index contributed by atoms with van der Waals surface area (Å²) in [4.78, 5) is 3.97. The average molecular weight is 396 g/mol. The van der Waals surface area contributed by atoms with Crippen molar-refractivity contribution in [3.8, 4) is 17.5 Å². The van der Waals surface area contributed by atoms with Crippen LogP contribution in [0, 0.1) is 11.3 Å². The maximum Gasteiger partial charge on any atom is 0.279 e. The van der Waals surface area contributed by atoms with Crippen LogP contribution in [-0.4, -0.2) is 62.9 Å². The lowest BCUT2D eigenvalue weighted by Crippen LogP contribution is -2.50. The molecule has 9 nitrogen and oxygen atoms in total. The lowest BCUT2D eigenvalue weighted by Gasteiger charge is -2.31. The Labute approximate surface area is 151 Å². The van der Waals surface area contributed by atoms with Gasteiger partial charge in [-0.25, -0.2) is 16.8 Å². The van der Waals surface area contributed by atoms with Gasteiger partial charge in [-0.3, -0.25) is 0 Å². The average Bonchev–Trinajstić information content (AvgIpc) is 3.07. The minimum atomic E-state index is -4.10. The Kier molecular flexibility index (Phi) is 4.85. The standard InChI is InChI=1S/C15H16N4O5S2/c1-25(20,21)18-7-9-19(10-8-18)26(22,23)15-13(11-16)17-14(24-15)12-5-3-2-4-6-12/h2-6H,7-10H2,1H3. The van der Waals surface area contributed by atoms with E-state index in [1.165, 1.54) is 4.31 Å². The van der Waals surface area contributed by atoms with Gasteiger partial charge in [-0.1, -0.05) is 18.2 Å². The highest BCUT2D eigenvalue weighted by molar-refractivity contribution is 7.89. The zero-order valence-corrected chi connectivity index (χ0v) is 15.5. The molecule has 11 heteroatoms. The van der Waals surface area contributed by atoms with Crippen molar-refractivity contribution in [2.24, 2.45) is 0 Å². The van der Waals surface area contributed by atoms with Crippen molar-refractivity contribution in [1.29, 1.82) is 5.26 Å². The van der Waals surface area contributed by atoms with Crippen molar-refractivity contribution in [3.63, 3.8) is 0 Å². The van der Waals surface area contributed by atoms with Crippen LogP contribution in [0.3, 0.4) is 0 Å². The molecule has 1 aliphatic heterocycles. The molecule has 138 valence electrons. The monoisotopic (exact) mass is 396 g/mol. The molecule has 0 bridgehead atoms. The van der Waals surface area contributed by atoms with Gasteiger partial charge in [0.25, 0.3) is 15.1 Å². The van der Waals surface area contributed by atoms with Crippen molar-refractivity contribution in [3.05, 3.63) is 36.0 Å². The summed E-state index contributed by atoms with van der Waals surface area (Å²) in [6.07, 6.45) is 1.08. The van der Waals surface area contributed by atoms with Crippen molar-refractivity contribution in [2.45, 2.75) is 5.09 Å². The Morgan fingerprint density at radius 3 is 2.15 bits per heavy atom. The number of nitriles is 1. The topological polar surface area (TPSA) is 125 Å². The quantitative estimate of drug-likeness (QED) is 0.736. The molecular weight excluding hydrogens is 380 g/mol. The summed E-state index contributed by atoms with van der Waals surface area (Å²) in [5.74, 6) is 0.0375. The Balaban J connectivity index is 1.91. The number of hydrogen-bond acceptors (Lipinski definition) is 7. The molecule has 0 radical (unpaired) electrons. The van der Waals surface area contributed by atoms with Crippen molar-refractivity contribution in [2.75, 3.05) is 32.4 Å². The molecule has 0 atom stereocenters. The number of benzene rings is 1. The van der Waals surface area contributed by atoms with Gasteiger partial charge in [-0.2, -0.15) is 18.9 Å². The number of oxazole rings is 1. The van der Waals surface area contributed by atoms with Gasteiger partial charge in [-0.05, 0) is 12.1 Å². The molecule has 2 heterocycles. The highest BCUT2D eigenvalue weighted by Gasteiger charge is 2.36. The first-order chi connectivity index (χ1) is 12.2. The highest BCUT2D eigenvalue weighted by atomic mass is 32.2. The molecule has 1 saturated heterocycles. The van der Waals surface area contributed by atoms with Crippen LogP contribution in [0.5, 0.6) is 0 Å². The van der Waals surface area contributed by atoms with Crippen LogP contribution in [0.15, 0.2) is 39.8 Å². The fourth-order valence-electron chi connectivity index (χ4n) is 2.61. The number of rotatable bonds is 4. The Bertz CT molecular complexity index is 1050. The molecule has 1 fully saturated rings. The molecule has 0 aliphatic carbocycles. The first kappa shape index (κ1) is 18.5. The van der Waals surface area contributed by atoms with Gasteiger partial charge in [0, 0.05) is 31.7 Å². The third kappa shape index (κ3) is 3.49. The summed E-state index contributed by atoms with van der Waals surface area (Å²) in [5, 5.41) is 8.72. The van der Waals surface area contributed by atoms with Gasteiger partial charge < -0.3 is 4.42 Å². The third-order valence-corrected chi connectivity index (χ3v) is 7.06. The molecule has 0 saturated carbocycles. The van der Waals surface area contributed by atoms with Crippen molar-refractivity contribution in [1.82, 2.24) is 13.6 Å². The summed E-state index contributed by atoms with van der Waals surface area (Å²) in [6, 6.07) is 10.4. The SMILES string of the molecule is CS(=O)(=O)N1CCN(S(=O)(=O)c2oc(-c3ccccc3)nc2C#N)CC1. The number of hydrogen-bond donors (Lipinski definition) is 0. The zero-order chi connectivity index (χ0) is 18.9. The lowest BCUT2D eigenvalue weighted by molar-refractivity contribution is 0.269. The van der Waals surface area contributed by atoms with Gasteiger partial charge in [0.15, 0.2) is 5.69 Å². The smallest absolute Gasteiger partial charge is 0.279 e. The molecule has 0 amide bonds. The summed E-state index contributed by atoms with van der Waals surface area (Å²) in [5.41, 5.74) is 0.224. The van der Waals surface area contributed by atoms with E-state index >= 15 is 0 Å². The van der Waals surface area contributed by atoms with Crippen LogP contribution in [0.2, 0.25) is 0 Å². The van der Waals surface area contributed by atoms with Crippen LogP contribution in [0.1, 0.15) is 5.69 Å². The summed E-state index contributed by atoms with van der Waals surface area (Å²) in [7, 11) is -7.48. The zero-order valence-electron chi connectivity index (χ0n) is 13.9. The summed E-state index contributed by atoms with van der Waals surface area (Å²) < 4.78 is 56.5. The van der Waals surface area contributed by atoms with E-state index in [2.05, 4.69) is 4.98 Å². The fraction of sp³-hybridized carbons (Fsp3) is 0.333. The maximum atomic E-state index is 12.8. The second-order valence-corrected chi connectivity index (χ2v) is 9.52. The largest absolute Gasteiger partial charge is 0.422 e. The minimum Gasteiger partial charge on any atom is -0.422 e. The van der Waals surface area contributed by atoms with Gasteiger partial charge in [0.1, 0.15) is 6.07 Å². The van der Waals surface area contributed by atoms with Gasteiger partial charge in [0.05, 0.1) is 6.26 Å². The van der Waals surface area contributed by atoms with E-state index in [1.54, 1.807) is 36.4 Å². The molecule has 2 aromatic rings.